The van der Waals surface area contributed by atoms with E-state index in [2.05, 4.69) is 77.0 Å². The zero-order chi connectivity index (χ0) is 16.0. The highest BCUT2D eigenvalue weighted by Gasteiger charge is 2.24. The van der Waals surface area contributed by atoms with E-state index < -0.39 is 0 Å². The summed E-state index contributed by atoms with van der Waals surface area (Å²) in [5.41, 5.74) is 4.41. The van der Waals surface area contributed by atoms with Gasteiger partial charge in [0.05, 0.1) is 0 Å². The zero-order valence-electron chi connectivity index (χ0n) is 15.1. The molecule has 2 nitrogen and oxygen atoms in total. The molecule has 0 heterocycles. The van der Waals surface area contributed by atoms with Crippen molar-refractivity contribution < 1.29 is 0 Å². The van der Waals surface area contributed by atoms with Crippen molar-refractivity contribution in [2.24, 2.45) is 0 Å². The van der Waals surface area contributed by atoms with Gasteiger partial charge in [-0.25, -0.2) is 0 Å². The quantitative estimate of drug-likeness (QED) is 0.760. The highest BCUT2D eigenvalue weighted by atomic mass is 15.2. The summed E-state index contributed by atoms with van der Waals surface area (Å²) in [4.78, 5) is 2.49. The fourth-order valence-corrected chi connectivity index (χ4v) is 2.60. The van der Waals surface area contributed by atoms with Crippen LogP contribution in [0.3, 0.4) is 0 Å². The summed E-state index contributed by atoms with van der Waals surface area (Å²) in [5, 5.41) is 3.73. The Kier molecular flexibility index (Phi) is 6.89. The fourth-order valence-electron chi connectivity index (χ4n) is 2.60. The predicted octanol–water partition coefficient (Wildman–Crippen LogP) is 4.46. The number of aryl methyl sites for hydroxylation is 2. The normalized spacial score (nSPS) is 13.7. The minimum atomic E-state index is 0.241. The topological polar surface area (TPSA) is 15.3 Å². The van der Waals surface area contributed by atoms with Crippen molar-refractivity contribution in [1.82, 2.24) is 10.2 Å². The van der Waals surface area contributed by atoms with Crippen LogP contribution in [0.2, 0.25) is 0 Å². The first kappa shape index (κ1) is 18.2. The van der Waals surface area contributed by atoms with E-state index in [4.69, 9.17) is 0 Å². The number of hydrogen-bond donors (Lipinski definition) is 1. The molecule has 0 aliphatic rings. The van der Waals surface area contributed by atoms with Crippen LogP contribution in [0.25, 0.3) is 0 Å². The van der Waals surface area contributed by atoms with Crippen molar-refractivity contribution in [3.63, 3.8) is 0 Å². The molecule has 1 aromatic rings. The minimum Gasteiger partial charge on any atom is -0.309 e. The standard InChI is InChI=1S/C19H34N2/c1-8-12-20-18(14-21(7)19(5,6)9-2)17-11-10-15(3)13-16(17)4/h10-11,13,18,20H,8-9,12,14H2,1-7H3. The lowest BCUT2D eigenvalue weighted by atomic mass is 9.95. The second kappa shape index (κ2) is 7.95. The van der Waals surface area contributed by atoms with E-state index >= 15 is 0 Å². The first-order valence-electron chi connectivity index (χ1n) is 8.33. The van der Waals surface area contributed by atoms with Gasteiger partial charge < -0.3 is 5.32 Å². The van der Waals surface area contributed by atoms with Crippen molar-refractivity contribution in [2.75, 3.05) is 20.1 Å². The number of rotatable bonds is 8. The van der Waals surface area contributed by atoms with Gasteiger partial charge in [0.2, 0.25) is 0 Å². The SMILES string of the molecule is CCCNC(CN(C)C(C)(C)CC)c1ccc(C)cc1C. The summed E-state index contributed by atoms with van der Waals surface area (Å²) in [6, 6.07) is 7.22. The monoisotopic (exact) mass is 290 g/mol. The second-order valence-corrected chi connectivity index (χ2v) is 6.91. The highest BCUT2D eigenvalue weighted by molar-refractivity contribution is 5.33. The fraction of sp³-hybridized carbons (Fsp3) is 0.684. The molecule has 0 radical (unpaired) electrons. The van der Waals surface area contributed by atoms with E-state index in [1.54, 1.807) is 0 Å². The number of hydrogen-bond acceptors (Lipinski definition) is 2. The summed E-state index contributed by atoms with van der Waals surface area (Å²) in [5.74, 6) is 0. The number of benzene rings is 1. The van der Waals surface area contributed by atoms with Crippen molar-refractivity contribution >= 4 is 0 Å². The molecule has 0 bridgehead atoms. The number of likely N-dealkylation sites (N-methyl/N-ethyl adjacent to an activating group) is 1. The van der Waals surface area contributed by atoms with Crippen molar-refractivity contribution in [1.29, 1.82) is 0 Å². The van der Waals surface area contributed by atoms with Gasteiger partial charge in [0.15, 0.2) is 0 Å². The molecule has 0 saturated carbocycles. The first-order chi connectivity index (χ1) is 9.81. The molecule has 0 saturated heterocycles. The molecule has 120 valence electrons. The maximum atomic E-state index is 3.73. The Balaban J connectivity index is 2.95. The molecule has 0 aliphatic carbocycles. The predicted molar refractivity (Wildman–Crippen MR) is 94.0 cm³/mol. The van der Waals surface area contributed by atoms with Crippen LogP contribution in [-0.2, 0) is 0 Å². The van der Waals surface area contributed by atoms with Gasteiger partial charge in [-0.2, -0.15) is 0 Å². The van der Waals surface area contributed by atoms with Crippen molar-refractivity contribution in [2.45, 2.75) is 66.0 Å². The molecule has 0 aliphatic heterocycles. The summed E-state index contributed by atoms with van der Waals surface area (Å²) < 4.78 is 0. The van der Waals surface area contributed by atoms with E-state index in [-0.39, 0.29) is 5.54 Å². The van der Waals surface area contributed by atoms with Crippen LogP contribution in [0.4, 0.5) is 0 Å². The van der Waals surface area contributed by atoms with Gasteiger partial charge in [0.25, 0.3) is 0 Å². The lowest BCUT2D eigenvalue weighted by Crippen LogP contribution is -2.45. The maximum Gasteiger partial charge on any atom is 0.0452 e. The van der Waals surface area contributed by atoms with Crippen LogP contribution in [0.5, 0.6) is 0 Å². The van der Waals surface area contributed by atoms with Gasteiger partial charge >= 0.3 is 0 Å². The first-order valence-corrected chi connectivity index (χ1v) is 8.33. The van der Waals surface area contributed by atoms with Crippen LogP contribution >= 0.6 is 0 Å². The van der Waals surface area contributed by atoms with Gasteiger partial charge in [0, 0.05) is 18.1 Å². The van der Waals surface area contributed by atoms with E-state index in [0.717, 1.165) is 19.5 Å². The molecule has 1 N–H and O–H groups in total. The molecule has 0 spiro atoms. The van der Waals surface area contributed by atoms with E-state index in [1.807, 2.05) is 0 Å². The summed E-state index contributed by atoms with van der Waals surface area (Å²) in [7, 11) is 2.24. The Bertz CT molecular complexity index is 437. The third kappa shape index (κ3) is 5.12. The van der Waals surface area contributed by atoms with E-state index in [0.29, 0.717) is 6.04 Å². The largest absolute Gasteiger partial charge is 0.309 e. The van der Waals surface area contributed by atoms with Crippen LogP contribution in [0.1, 0.15) is 63.3 Å². The Hall–Kier alpha value is -0.860. The lowest BCUT2D eigenvalue weighted by molar-refractivity contribution is 0.135. The van der Waals surface area contributed by atoms with Crippen LogP contribution in [-0.4, -0.2) is 30.6 Å². The van der Waals surface area contributed by atoms with Crippen molar-refractivity contribution in [3.05, 3.63) is 34.9 Å². The Morgan fingerprint density at radius 2 is 1.86 bits per heavy atom. The van der Waals surface area contributed by atoms with Crippen LogP contribution in [0.15, 0.2) is 18.2 Å². The second-order valence-electron chi connectivity index (χ2n) is 6.91. The highest BCUT2D eigenvalue weighted by Crippen LogP contribution is 2.24. The van der Waals surface area contributed by atoms with Crippen LogP contribution in [0, 0.1) is 13.8 Å². The summed E-state index contributed by atoms with van der Waals surface area (Å²) in [6.07, 6.45) is 2.33. The molecule has 21 heavy (non-hydrogen) atoms. The lowest BCUT2D eigenvalue weighted by Gasteiger charge is -2.38. The van der Waals surface area contributed by atoms with Crippen LogP contribution < -0.4 is 5.32 Å². The molecule has 1 aromatic carbocycles. The molecule has 0 fully saturated rings. The average Bonchev–Trinajstić information content (AvgIpc) is 2.43. The van der Waals surface area contributed by atoms with E-state index in [9.17, 15) is 0 Å². The molecular weight excluding hydrogens is 256 g/mol. The molecular formula is C19H34N2. The molecule has 0 aromatic heterocycles. The summed E-state index contributed by atoms with van der Waals surface area (Å²) in [6.45, 7) is 15.7. The van der Waals surface area contributed by atoms with Gasteiger partial charge in [0.1, 0.15) is 0 Å². The maximum absolute atomic E-state index is 3.73. The van der Waals surface area contributed by atoms with Gasteiger partial charge in [-0.1, -0.05) is 37.6 Å². The Morgan fingerprint density at radius 3 is 2.38 bits per heavy atom. The Morgan fingerprint density at radius 1 is 1.19 bits per heavy atom. The summed E-state index contributed by atoms with van der Waals surface area (Å²) >= 11 is 0. The van der Waals surface area contributed by atoms with E-state index in [1.165, 1.54) is 23.1 Å². The molecule has 1 rings (SSSR count). The third-order valence-corrected chi connectivity index (χ3v) is 4.80. The Labute approximate surface area is 131 Å². The number of nitrogens with zero attached hydrogens (tertiary/aromatic N) is 1. The molecule has 1 atom stereocenters. The third-order valence-electron chi connectivity index (χ3n) is 4.80. The number of nitrogens with one attached hydrogen (secondary N) is 1. The smallest absolute Gasteiger partial charge is 0.0452 e. The average molecular weight is 290 g/mol. The van der Waals surface area contributed by atoms with Gasteiger partial charge in [-0.15, -0.1) is 0 Å². The van der Waals surface area contributed by atoms with Gasteiger partial charge in [-0.05, 0) is 65.3 Å². The zero-order valence-corrected chi connectivity index (χ0v) is 15.1. The molecule has 2 heteroatoms. The molecule has 0 amide bonds. The molecule has 1 unspecified atom stereocenters. The van der Waals surface area contributed by atoms with Gasteiger partial charge in [-0.3, -0.25) is 4.90 Å². The van der Waals surface area contributed by atoms with Crippen molar-refractivity contribution in [3.8, 4) is 0 Å². The minimum absolute atomic E-state index is 0.241.